The molecule has 0 aromatic rings. The summed E-state index contributed by atoms with van der Waals surface area (Å²) in [5, 5.41) is 0. The molecule has 118 valence electrons. The largest absolute Gasteiger partial charge is 0.458 e. The van der Waals surface area contributed by atoms with Crippen LogP contribution >= 0.6 is 0 Å². The van der Waals surface area contributed by atoms with E-state index in [4.69, 9.17) is 4.74 Å². The van der Waals surface area contributed by atoms with Crippen molar-refractivity contribution in [3.63, 3.8) is 0 Å². The van der Waals surface area contributed by atoms with Gasteiger partial charge in [0.2, 0.25) is 0 Å². The Kier molecular flexibility index (Phi) is 3.32. The molecule has 0 aromatic carbocycles. The molecule has 1 saturated carbocycles. The Morgan fingerprint density at radius 1 is 1.27 bits per heavy atom. The summed E-state index contributed by atoms with van der Waals surface area (Å²) in [5.41, 5.74) is 5.09. The van der Waals surface area contributed by atoms with Crippen molar-refractivity contribution in [2.75, 3.05) is 0 Å². The number of carbonyl (C=O) groups is 1. The van der Waals surface area contributed by atoms with E-state index < -0.39 is 0 Å². The summed E-state index contributed by atoms with van der Waals surface area (Å²) in [4.78, 5) is 11.2. The Morgan fingerprint density at radius 3 is 2.95 bits per heavy atom. The molecular formula is C20H26O2. The summed E-state index contributed by atoms with van der Waals surface area (Å²) in [6, 6.07) is 0. The molecule has 1 unspecified atom stereocenters. The van der Waals surface area contributed by atoms with Crippen LogP contribution in [0.25, 0.3) is 0 Å². The zero-order chi connectivity index (χ0) is 15.3. The molecule has 0 amide bonds. The van der Waals surface area contributed by atoms with Crippen LogP contribution in [-0.4, -0.2) is 12.1 Å². The summed E-state index contributed by atoms with van der Waals surface area (Å²) < 4.78 is 5.41. The first-order valence-electron chi connectivity index (χ1n) is 8.87. The highest BCUT2D eigenvalue weighted by molar-refractivity contribution is 5.66. The molecule has 0 radical (unpaired) electrons. The van der Waals surface area contributed by atoms with Crippen LogP contribution in [0.1, 0.15) is 58.8 Å². The summed E-state index contributed by atoms with van der Waals surface area (Å²) in [6.45, 7) is 3.97. The Labute approximate surface area is 133 Å². The minimum atomic E-state index is -0.161. The molecule has 22 heavy (non-hydrogen) atoms. The van der Waals surface area contributed by atoms with E-state index in [0.717, 1.165) is 24.7 Å². The highest BCUT2D eigenvalue weighted by Gasteiger charge is 2.46. The maximum absolute atomic E-state index is 11.2. The maximum Gasteiger partial charge on any atom is 0.303 e. The van der Waals surface area contributed by atoms with E-state index in [1.807, 2.05) is 0 Å². The molecule has 4 aliphatic carbocycles. The number of ether oxygens (including phenoxy) is 1. The molecule has 0 saturated heterocycles. The quantitative estimate of drug-likeness (QED) is 0.655. The first kappa shape index (κ1) is 14.3. The van der Waals surface area contributed by atoms with E-state index in [1.165, 1.54) is 44.6 Å². The van der Waals surface area contributed by atoms with Crippen LogP contribution < -0.4 is 0 Å². The summed E-state index contributed by atoms with van der Waals surface area (Å²) in [6.07, 6.45) is 15.8. The third-order valence-corrected chi connectivity index (χ3v) is 6.45. The molecule has 2 heteroatoms. The average molecular weight is 298 g/mol. The van der Waals surface area contributed by atoms with E-state index in [-0.39, 0.29) is 12.1 Å². The summed E-state index contributed by atoms with van der Waals surface area (Å²) >= 11 is 0. The Morgan fingerprint density at radius 2 is 2.14 bits per heavy atom. The highest BCUT2D eigenvalue weighted by Crippen LogP contribution is 2.57. The molecule has 4 rings (SSSR count). The number of esters is 1. The molecule has 0 bridgehead atoms. The van der Waals surface area contributed by atoms with Gasteiger partial charge >= 0.3 is 5.97 Å². The smallest absolute Gasteiger partial charge is 0.303 e. The van der Waals surface area contributed by atoms with Crippen LogP contribution in [0.2, 0.25) is 0 Å². The van der Waals surface area contributed by atoms with E-state index in [9.17, 15) is 4.79 Å². The minimum Gasteiger partial charge on any atom is -0.458 e. The fourth-order valence-electron chi connectivity index (χ4n) is 5.42. The Balaban J connectivity index is 1.68. The van der Waals surface area contributed by atoms with Crippen LogP contribution in [0, 0.1) is 17.3 Å². The predicted octanol–water partition coefficient (Wildman–Crippen LogP) is 4.72. The van der Waals surface area contributed by atoms with Crippen molar-refractivity contribution >= 4 is 5.97 Å². The molecule has 2 nitrogen and oxygen atoms in total. The molecule has 4 atom stereocenters. The minimum absolute atomic E-state index is 0.00211. The monoisotopic (exact) mass is 298 g/mol. The standard InChI is InChI=1S/C20H26O2/c1-13(21)22-15-6-8-16-14(12-15)5-7-18-17(16)9-11-20(2)10-3-4-19(18)20/h9,11-12,15,18-19H,3-8,10H2,1-2H3/t15?,18-,19+,20+/m1/s1. The van der Waals surface area contributed by atoms with Crippen molar-refractivity contribution < 1.29 is 9.53 Å². The van der Waals surface area contributed by atoms with Gasteiger partial charge in [0.05, 0.1) is 0 Å². The second kappa shape index (κ2) is 5.11. The van der Waals surface area contributed by atoms with E-state index in [2.05, 4.69) is 25.2 Å². The van der Waals surface area contributed by atoms with Gasteiger partial charge in [0.1, 0.15) is 6.10 Å². The first-order chi connectivity index (χ1) is 10.6. The lowest BCUT2D eigenvalue weighted by atomic mass is 9.61. The lowest BCUT2D eigenvalue weighted by Gasteiger charge is -2.44. The fourth-order valence-corrected chi connectivity index (χ4v) is 5.42. The van der Waals surface area contributed by atoms with Gasteiger partial charge in [0, 0.05) is 6.92 Å². The lowest BCUT2D eigenvalue weighted by molar-refractivity contribution is -0.144. The number of rotatable bonds is 1. The molecule has 0 heterocycles. The van der Waals surface area contributed by atoms with Gasteiger partial charge in [-0.05, 0) is 78.6 Å². The maximum atomic E-state index is 11.2. The van der Waals surface area contributed by atoms with Gasteiger partial charge in [-0.25, -0.2) is 0 Å². The predicted molar refractivity (Wildman–Crippen MR) is 87.2 cm³/mol. The summed E-state index contributed by atoms with van der Waals surface area (Å²) in [7, 11) is 0. The molecular weight excluding hydrogens is 272 g/mol. The zero-order valence-electron chi connectivity index (χ0n) is 13.7. The van der Waals surface area contributed by atoms with Crippen LogP contribution in [-0.2, 0) is 9.53 Å². The van der Waals surface area contributed by atoms with Gasteiger partial charge in [-0.15, -0.1) is 0 Å². The number of allylic oxidation sites excluding steroid dienone is 5. The van der Waals surface area contributed by atoms with Crippen molar-refractivity contribution in [1.29, 1.82) is 0 Å². The number of hydrogen-bond donors (Lipinski definition) is 0. The number of hydrogen-bond acceptors (Lipinski definition) is 2. The van der Waals surface area contributed by atoms with Crippen molar-refractivity contribution in [3.05, 3.63) is 34.9 Å². The van der Waals surface area contributed by atoms with Crippen LogP contribution in [0.15, 0.2) is 34.9 Å². The van der Waals surface area contributed by atoms with Crippen molar-refractivity contribution in [1.82, 2.24) is 0 Å². The van der Waals surface area contributed by atoms with Crippen LogP contribution in [0.3, 0.4) is 0 Å². The molecule has 0 aromatic heterocycles. The first-order valence-corrected chi connectivity index (χ1v) is 8.87. The third kappa shape index (κ3) is 2.19. The third-order valence-electron chi connectivity index (χ3n) is 6.45. The highest BCUT2D eigenvalue weighted by atomic mass is 16.5. The van der Waals surface area contributed by atoms with Crippen LogP contribution in [0.5, 0.6) is 0 Å². The van der Waals surface area contributed by atoms with E-state index >= 15 is 0 Å². The number of carbonyl (C=O) groups excluding carboxylic acids is 1. The van der Waals surface area contributed by atoms with Gasteiger partial charge in [-0.2, -0.15) is 0 Å². The molecule has 0 aliphatic heterocycles. The SMILES string of the molecule is CC(=O)OC1C=C2CC[C@@H]3C(=C2CC1)C=C[C@]1(C)CCC[C@@H]31. The van der Waals surface area contributed by atoms with Crippen molar-refractivity contribution in [3.8, 4) is 0 Å². The number of fused-ring (bicyclic) bond motifs is 4. The van der Waals surface area contributed by atoms with E-state index in [0.29, 0.717) is 5.41 Å². The second-order valence-electron chi connectivity index (χ2n) is 7.80. The Hall–Kier alpha value is -1.31. The van der Waals surface area contributed by atoms with Gasteiger partial charge in [0.15, 0.2) is 0 Å². The van der Waals surface area contributed by atoms with Gasteiger partial charge in [-0.3, -0.25) is 4.79 Å². The fraction of sp³-hybridized carbons (Fsp3) is 0.650. The normalized spacial score (nSPS) is 39.7. The Bertz CT molecular complexity index is 595. The summed E-state index contributed by atoms with van der Waals surface area (Å²) in [5.74, 6) is 1.47. The van der Waals surface area contributed by atoms with Gasteiger partial charge < -0.3 is 4.74 Å². The van der Waals surface area contributed by atoms with Crippen molar-refractivity contribution in [2.45, 2.75) is 64.9 Å². The molecule has 0 N–H and O–H groups in total. The van der Waals surface area contributed by atoms with Crippen LogP contribution in [0.4, 0.5) is 0 Å². The molecule has 4 aliphatic rings. The lowest BCUT2D eigenvalue weighted by Crippen LogP contribution is -2.34. The second-order valence-corrected chi connectivity index (χ2v) is 7.80. The van der Waals surface area contributed by atoms with E-state index in [1.54, 1.807) is 11.1 Å². The van der Waals surface area contributed by atoms with Gasteiger partial charge in [0.25, 0.3) is 0 Å². The zero-order valence-corrected chi connectivity index (χ0v) is 13.7. The van der Waals surface area contributed by atoms with Gasteiger partial charge in [-0.1, -0.05) is 25.5 Å². The molecule has 1 fully saturated rings. The molecule has 0 spiro atoms. The van der Waals surface area contributed by atoms with Crippen molar-refractivity contribution in [2.24, 2.45) is 17.3 Å². The topological polar surface area (TPSA) is 26.3 Å². The average Bonchev–Trinajstić information content (AvgIpc) is 2.88.